The van der Waals surface area contributed by atoms with E-state index in [1.807, 2.05) is 36.4 Å². The second-order valence-corrected chi connectivity index (χ2v) is 3.55. The number of carbonyl (C=O) groups excluding carboxylic acids is 1. The summed E-state index contributed by atoms with van der Waals surface area (Å²) >= 11 is 0. The highest BCUT2D eigenvalue weighted by Crippen LogP contribution is 2.08. The van der Waals surface area contributed by atoms with Crippen LogP contribution in [-0.4, -0.2) is 11.9 Å². The molecule has 0 saturated heterocycles. The molecule has 0 bridgehead atoms. The van der Waals surface area contributed by atoms with Gasteiger partial charge in [0.1, 0.15) is 0 Å². The van der Waals surface area contributed by atoms with E-state index in [-0.39, 0.29) is 12.5 Å². The summed E-state index contributed by atoms with van der Waals surface area (Å²) < 4.78 is 0. The van der Waals surface area contributed by atoms with Gasteiger partial charge >= 0.3 is 0 Å². The van der Waals surface area contributed by atoms with Crippen LogP contribution in [0.5, 0.6) is 0 Å². The summed E-state index contributed by atoms with van der Waals surface area (Å²) in [6.07, 6.45) is 4.28. The molecule has 1 rings (SSSR count). The van der Waals surface area contributed by atoms with E-state index in [0.717, 1.165) is 5.56 Å². The van der Waals surface area contributed by atoms with Crippen molar-refractivity contribution in [3.05, 3.63) is 52.4 Å². The van der Waals surface area contributed by atoms with Gasteiger partial charge in [-0.3, -0.25) is 4.79 Å². The van der Waals surface area contributed by atoms with Crippen LogP contribution in [-0.2, 0) is 4.79 Å². The molecule has 0 fully saturated rings. The number of nitrogens with two attached hydrogens (primary N) is 1. The summed E-state index contributed by atoms with van der Waals surface area (Å²) in [6.45, 7) is 0. The molecule has 2 N–H and O–H groups in total. The number of carbonyl (C=O) groups is 1. The number of amides is 1. The third-order valence-corrected chi connectivity index (χ3v) is 2.20. The van der Waals surface area contributed by atoms with Gasteiger partial charge in [0.05, 0.1) is 6.04 Å². The second-order valence-electron chi connectivity index (χ2n) is 3.55. The van der Waals surface area contributed by atoms with E-state index < -0.39 is 5.91 Å². The normalized spacial score (nSPS) is 12.0. The molecule has 1 unspecified atom stereocenters. The molecule has 1 aromatic rings. The van der Waals surface area contributed by atoms with E-state index in [1.165, 1.54) is 0 Å². The van der Waals surface area contributed by atoms with Gasteiger partial charge in [-0.25, -0.2) is 0 Å². The molecule has 5 nitrogen and oxygen atoms in total. The minimum atomic E-state index is -0.392. The molecule has 1 aromatic carbocycles. The highest BCUT2D eigenvalue weighted by atomic mass is 16.1. The Labute approximate surface area is 99.6 Å². The largest absolute Gasteiger partial charge is 0.370 e. The highest BCUT2D eigenvalue weighted by molar-refractivity contribution is 5.73. The Morgan fingerprint density at radius 3 is 2.76 bits per heavy atom. The molecule has 88 valence electrons. The maximum atomic E-state index is 10.6. The quantitative estimate of drug-likeness (QED) is 0.454. The van der Waals surface area contributed by atoms with Crippen LogP contribution in [0.15, 0.2) is 41.5 Å². The fraction of sp³-hybridized carbons (Fsp3) is 0.250. The first-order valence-electron chi connectivity index (χ1n) is 5.28. The number of benzene rings is 1. The summed E-state index contributed by atoms with van der Waals surface area (Å²) in [4.78, 5) is 13.4. The number of nitrogens with zero attached hydrogens (tertiary/aromatic N) is 3. The van der Waals surface area contributed by atoms with Crippen molar-refractivity contribution in [2.45, 2.75) is 18.9 Å². The molecule has 0 saturated carbocycles. The van der Waals surface area contributed by atoms with E-state index >= 15 is 0 Å². The van der Waals surface area contributed by atoms with Crippen molar-refractivity contribution in [3.8, 4) is 0 Å². The fourth-order valence-electron chi connectivity index (χ4n) is 1.34. The Hall–Kier alpha value is -2.26. The zero-order valence-corrected chi connectivity index (χ0v) is 9.36. The molecule has 0 aliphatic carbocycles. The van der Waals surface area contributed by atoms with Crippen LogP contribution in [0.2, 0.25) is 0 Å². The Balaban J connectivity index is 2.63. The molecule has 0 radical (unpaired) electrons. The molecule has 0 heterocycles. The summed E-state index contributed by atoms with van der Waals surface area (Å²) in [5.41, 5.74) is 14.5. The average Bonchev–Trinajstić information content (AvgIpc) is 2.34. The predicted molar refractivity (Wildman–Crippen MR) is 66.8 cm³/mol. The third kappa shape index (κ3) is 5.39. The molecule has 5 heteroatoms. The van der Waals surface area contributed by atoms with Crippen LogP contribution >= 0.6 is 0 Å². The van der Waals surface area contributed by atoms with Crippen molar-refractivity contribution in [1.29, 1.82) is 0 Å². The maximum Gasteiger partial charge on any atom is 0.217 e. The number of hydrogen-bond donors (Lipinski definition) is 1. The van der Waals surface area contributed by atoms with E-state index in [4.69, 9.17) is 11.3 Å². The van der Waals surface area contributed by atoms with E-state index in [0.29, 0.717) is 6.42 Å². The molecule has 0 aliphatic heterocycles. The van der Waals surface area contributed by atoms with Crippen LogP contribution < -0.4 is 5.73 Å². The van der Waals surface area contributed by atoms with Gasteiger partial charge in [0.25, 0.3) is 0 Å². The topological polar surface area (TPSA) is 91.8 Å². The predicted octanol–water partition coefficient (Wildman–Crippen LogP) is 2.64. The third-order valence-electron chi connectivity index (χ3n) is 2.20. The zero-order valence-electron chi connectivity index (χ0n) is 9.36. The molecule has 0 spiro atoms. The minimum Gasteiger partial charge on any atom is -0.370 e. The zero-order chi connectivity index (χ0) is 12.5. The van der Waals surface area contributed by atoms with Crippen molar-refractivity contribution in [1.82, 2.24) is 0 Å². The lowest BCUT2D eigenvalue weighted by Crippen LogP contribution is -2.13. The van der Waals surface area contributed by atoms with Gasteiger partial charge in [-0.15, -0.1) is 0 Å². The van der Waals surface area contributed by atoms with Gasteiger partial charge < -0.3 is 5.73 Å². The van der Waals surface area contributed by atoms with Gasteiger partial charge in [-0.05, 0) is 17.5 Å². The summed E-state index contributed by atoms with van der Waals surface area (Å²) in [5, 5.41) is 3.60. The summed E-state index contributed by atoms with van der Waals surface area (Å²) in [5.74, 6) is -0.392. The molecular formula is C12H14N4O. The van der Waals surface area contributed by atoms with Gasteiger partial charge in [0.2, 0.25) is 5.91 Å². The fourth-order valence-corrected chi connectivity index (χ4v) is 1.34. The Morgan fingerprint density at radius 1 is 1.47 bits per heavy atom. The number of azide groups is 1. The van der Waals surface area contributed by atoms with Crippen LogP contribution in [0.25, 0.3) is 16.5 Å². The van der Waals surface area contributed by atoms with Crippen LogP contribution in [0.1, 0.15) is 18.4 Å². The lowest BCUT2D eigenvalue weighted by molar-refractivity contribution is -0.118. The Bertz CT molecular complexity index is 435. The van der Waals surface area contributed by atoms with Gasteiger partial charge in [0.15, 0.2) is 0 Å². The summed E-state index contributed by atoms with van der Waals surface area (Å²) in [6, 6.07) is 9.31. The second kappa shape index (κ2) is 7.09. The Kier molecular flexibility index (Phi) is 5.34. The van der Waals surface area contributed by atoms with E-state index in [1.54, 1.807) is 6.08 Å². The highest BCUT2D eigenvalue weighted by Gasteiger charge is 2.03. The molecule has 1 atom stereocenters. The molecule has 0 aliphatic rings. The van der Waals surface area contributed by atoms with Crippen LogP contribution in [0.3, 0.4) is 0 Å². The molecule has 0 aromatic heterocycles. The van der Waals surface area contributed by atoms with Crippen molar-refractivity contribution >= 4 is 12.0 Å². The minimum absolute atomic E-state index is 0.211. The lowest BCUT2D eigenvalue weighted by Gasteiger charge is -2.03. The molecule has 1 amide bonds. The average molecular weight is 230 g/mol. The van der Waals surface area contributed by atoms with Gasteiger partial charge in [-0.2, -0.15) is 0 Å². The summed E-state index contributed by atoms with van der Waals surface area (Å²) in [7, 11) is 0. The first-order valence-corrected chi connectivity index (χ1v) is 5.28. The van der Waals surface area contributed by atoms with Crippen molar-refractivity contribution < 1.29 is 4.79 Å². The van der Waals surface area contributed by atoms with Crippen molar-refractivity contribution in [2.24, 2.45) is 10.8 Å². The SMILES string of the molecule is [N-]=[N+]=NC(C=Cc1ccccc1)CCC(N)=O. The number of rotatable bonds is 6. The van der Waals surface area contributed by atoms with Crippen LogP contribution in [0, 0.1) is 0 Å². The van der Waals surface area contributed by atoms with Gasteiger partial charge in [0, 0.05) is 11.3 Å². The maximum absolute atomic E-state index is 10.6. The van der Waals surface area contributed by atoms with Crippen molar-refractivity contribution in [3.63, 3.8) is 0 Å². The monoisotopic (exact) mass is 230 g/mol. The smallest absolute Gasteiger partial charge is 0.217 e. The van der Waals surface area contributed by atoms with Crippen LogP contribution in [0.4, 0.5) is 0 Å². The van der Waals surface area contributed by atoms with Crippen molar-refractivity contribution in [2.75, 3.05) is 0 Å². The molecular weight excluding hydrogens is 216 g/mol. The van der Waals surface area contributed by atoms with E-state index in [9.17, 15) is 4.79 Å². The van der Waals surface area contributed by atoms with Gasteiger partial charge in [-0.1, -0.05) is 47.6 Å². The standard InChI is InChI=1S/C12H14N4O/c13-12(17)9-8-11(15-16-14)7-6-10-4-2-1-3-5-10/h1-7,11H,8-9H2,(H2,13,17). The number of primary amides is 1. The lowest BCUT2D eigenvalue weighted by atomic mass is 10.1. The first-order chi connectivity index (χ1) is 8.22. The first kappa shape index (κ1) is 12.8. The Morgan fingerprint density at radius 2 is 2.18 bits per heavy atom. The van der Waals surface area contributed by atoms with E-state index in [2.05, 4.69) is 10.0 Å². The molecule has 17 heavy (non-hydrogen) atoms. The number of hydrogen-bond acceptors (Lipinski definition) is 2.